The maximum absolute atomic E-state index is 13.1. The van der Waals surface area contributed by atoms with Crippen LogP contribution in [0, 0.1) is 11.3 Å². The minimum Gasteiger partial charge on any atom is -0.490 e. The number of hydrogen-bond acceptors (Lipinski definition) is 5. The molecule has 4 rings (SSSR count). The summed E-state index contributed by atoms with van der Waals surface area (Å²) in [7, 11) is 0.967. The maximum Gasteiger partial charge on any atom is 0.573 e. The molecule has 0 spiro atoms. The molecule has 1 unspecified atom stereocenters. The molecular formula is C25H24F3N3O3P+. The van der Waals surface area contributed by atoms with Crippen LogP contribution in [0.4, 0.5) is 18.9 Å². The fourth-order valence-corrected chi connectivity index (χ4v) is 5.40. The zero-order chi connectivity index (χ0) is 25.3. The number of hydrogen-bond donors (Lipinski definition) is 0. The van der Waals surface area contributed by atoms with E-state index in [9.17, 15) is 23.2 Å². The number of fused-ring (bicyclic) bond motifs is 1. The van der Waals surface area contributed by atoms with E-state index in [1.165, 1.54) is 24.3 Å². The van der Waals surface area contributed by atoms with E-state index in [0.717, 1.165) is 16.2 Å². The number of rotatable bonds is 5. The molecule has 0 amide bonds. The number of piperidine rings is 1. The number of aryl methyl sites for hydroxylation is 1. The molecule has 3 aromatic rings. The Kier molecular flexibility index (Phi) is 6.77. The number of ether oxygens (including phenoxy) is 2. The topological polar surface area (TPSA) is 67.5 Å². The molecular weight excluding hydrogens is 478 g/mol. The number of pyridine rings is 1. The fourth-order valence-electron chi connectivity index (χ4n) is 4.43. The van der Waals surface area contributed by atoms with Crippen LogP contribution in [0.15, 0.2) is 47.3 Å². The van der Waals surface area contributed by atoms with Gasteiger partial charge in [-0.05, 0) is 30.3 Å². The van der Waals surface area contributed by atoms with Gasteiger partial charge >= 0.3 is 6.36 Å². The lowest BCUT2D eigenvalue weighted by atomic mass is 10.0. The number of nitrogens with zero attached hydrogens (tertiary/aromatic N) is 3. The highest BCUT2D eigenvalue weighted by Gasteiger charge is 2.31. The molecule has 10 heteroatoms. The van der Waals surface area contributed by atoms with Gasteiger partial charge in [0.05, 0.1) is 12.0 Å². The molecule has 2 heterocycles. The van der Waals surface area contributed by atoms with Crippen LogP contribution in [0.1, 0.15) is 18.4 Å². The summed E-state index contributed by atoms with van der Waals surface area (Å²) >= 11 is 0. The summed E-state index contributed by atoms with van der Waals surface area (Å²) < 4.78 is 48.4. The Morgan fingerprint density at radius 1 is 1.11 bits per heavy atom. The van der Waals surface area contributed by atoms with E-state index in [1.54, 1.807) is 11.6 Å². The van der Waals surface area contributed by atoms with Gasteiger partial charge in [0, 0.05) is 38.4 Å². The summed E-state index contributed by atoms with van der Waals surface area (Å²) in [5.74, 6) is 0.143. The van der Waals surface area contributed by atoms with Crippen molar-refractivity contribution < 1.29 is 22.6 Å². The molecule has 1 aliphatic rings. The molecule has 2 aromatic carbocycles. The third-order valence-electron chi connectivity index (χ3n) is 6.00. The van der Waals surface area contributed by atoms with Crippen LogP contribution in [-0.4, -0.2) is 43.1 Å². The predicted molar refractivity (Wildman–Crippen MR) is 132 cm³/mol. The average Bonchev–Trinajstić information content (AvgIpc) is 2.81. The Bertz CT molecular complexity index is 1370. The molecule has 6 nitrogen and oxygen atoms in total. The van der Waals surface area contributed by atoms with E-state index in [-0.39, 0.29) is 23.0 Å². The molecule has 1 aliphatic heterocycles. The third-order valence-corrected chi connectivity index (χ3v) is 7.19. The molecule has 0 N–H and O–H groups in total. The van der Waals surface area contributed by atoms with Gasteiger partial charge < -0.3 is 18.9 Å². The maximum atomic E-state index is 13.1. The highest BCUT2D eigenvalue weighted by molar-refractivity contribution is 7.63. The number of alkyl halides is 3. The quantitative estimate of drug-likeness (QED) is 0.480. The standard InChI is InChI=1S/C25H24F3N3O3P/c1-30-23-19(5-4-6-21(23)35(2)3)22(20(15-29)24(30)32)31-13-11-17(12-14-31)33-16-7-9-18(10-8-16)34-25(26,27)28/h4-10,17H,2,11-14H2,1,3H3/q+1. The minimum atomic E-state index is -4.74. The number of halogens is 3. The summed E-state index contributed by atoms with van der Waals surface area (Å²) in [5.41, 5.74) is 1.21. The second-order valence-corrected chi connectivity index (χ2v) is 10.3. The van der Waals surface area contributed by atoms with Crippen molar-refractivity contribution in [2.45, 2.75) is 25.3 Å². The van der Waals surface area contributed by atoms with Gasteiger partial charge in [-0.3, -0.25) is 4.79 Å². The SMILES string of the molecule is C=[P+](C)c1cccc2c(N3CCC(Oc4ccc(OC(F)(F)F)cc4)CC3)c(C#N)c(=O)n(C)c12. The summed E-state index contributed by atoms with van der Waals surface area (Å²) in [6, 6.07) is 13.3. The van der Waals surface area contributed by atoms with Gasteiger partial charge in [0.1, 0.15) is 49.0 Å². The smallest absolute Gasteiger partial charge is 0.490 e. The Morgan fingerprint density at radius 3 is 2.31 bits per heavy atom. The van der Waals surface area contributed by atoms with E-state index in [2.05, 4.69) is 17.1 Å². The Morgan fingerprint density at radius 2 is 1.74 bits per heavy atom. The zero-order valence-electron chi connectivity index (χ0n) is 19.3. The lowest BCUT2D eigenvalue weighted by molar-refractivity contribution is -0.274. The number of anilines is 1. The van der Waals surface area contributed by atoms with Gasteiger partial charge in [-0.2, -0.15) is 5.26 Å². The normalized spacial score (nSPS) is 15.1. The molecule has 0 bridgehead atoms. The lowest BCUT2D eigenvalue weighted by Gasteiger charge is -2.35. The molecule has 0 saturated carbocycles. The first-order valence-corrected chi connectivity index (χ1v) is 12.9. The first kappa shape index (κ1) is 24.6. The summed E-state index contributed by atoms with van der Waals surface area (Å²) in [5, 5.41) is 11.7. The predicted octanol–water partition coefficient (Wildman–Crippen LogP) is 4.53. The lowest BCUT2D eigenvalue weighted by Crippen LogP contribution is -2.40. The molecule has 0 radical (unpaired) electrons. The molecule has 1 atom stereocenters. The summed E-state index contributed by atoms with van der Waals surface area (Å²) in [6.45, 7) is 3.15. The van der Waals surface area contributed by atoms with Crippen LogP contribution >= 0.6 is 7.55 Å². The van der Waals surface area contributed by atoms with Crippen molar-refractivity contribution in [1.29, 1.82) is 5.26 Å². The minimum absolute atomic E-state index is 0.112. The van der Waals surface area contributed by atoms with Crippen LogP contribution in [-0.2, 0) is 7.05 Å². The Balaban J connectivity index is 1.56. The number of nitriles is 1. The average molecular weight is 502 g/mol. The molecule has 1 fully saturated rings. The zero-order valence-corrected chi connectivity index (χ0v) is 20.2. The van der Waals surface area contributed by atoms with Crippen molar-refractivity contribution in [1.82, 2.24) is 4.57 Å². The van der Waals surface area contributed by atoms with Crippen molar-refractivity contribution in [2.24, 2.45) is 7.05 Å². The van der Waals surface area contributed by atoms with Crippen molar-refractivity contribution in [3.63, 3.8) is 0 Å². The van der Waals surface area contributed by atoms with Crippen molar-refractivity contribution in [2.75, 3.05) is 24.7 Å². The first-order valence-electron chi connectivity index (χ1n) is 11.0. The number of benzene rings is 2. The first-order chi connectivity index (χ1) is 16.6. The second-order valence-electron chi connectivity index (χ2n) is 8.39. The van der Waals surface area contributed by atoms with Gasteiger partial charge in [-0.1, -0.05) is 12.1 Å². The monoisotopic (exact) mass is 502 g/mol. The van der Waals surface area contributed by atoms with Crippen molar-refractivity contribution in [3.05, 3.63) is 58.4 Å². The highest BCUT2D eigenvalue weighted by Crippen LogP contribution is 2.33. The number of para-hydroxylation sites is 1. The third kappa shape index (κ3) is 5.13. The van der Waals surface area contributed by atoms with Crippen LogP contribution in [0.2, 0.25) is 0 Å². The van der Waals surface area contributed by atoms with E-state index >= 15 is 0 Å². The van der Waals surface area contributed by atoms with Crippen molar-refractivity contribution >= 4 is 35.7 Å². The van der Waals surface area contributed by atoms with Crippen LogP contribution < -0.4 is 25.2 Å². The van der Waals surface area contributed by atoms with Gasteiger partial charge in [0.15, 0.2) is 5.30 Å². The highest BCUT2D eigenvalue weighted by atomic mass is 31.1. The van der Waals surface area contributed by atoms with Gasteiger partial charge in [-0.15, -0.1) is 13.2 Å². The molecule has 35 heavy (non-hydrogen) atoms. The van der Waals surface area contributed by atoms with E-state index in [1.807, 2.05) is 29.8 Å². The van der Waals surface area contributed by atoms with Gasteiger partial charge in [-0.25, -0.2) is 0 Å². The fraction of sp³-hybridized carbons (Fsp3) is 0.320. The summed E-state index contributed by atoms with van der Waals surface area (Å²) in [6.07, 6.45) is 0.531. The summed E-state index contributed by atoms with van der Waals surface area (Å²) in [4.78, 5) is 15.1. The molecule has 0 aliphatic carbocycles. The largest absolute Gasteiger partial charge is 0.573 e. The Labute approximate surface area is 201 Å². The molecule has 182 valence electrons. The van der Waals surface area contributed by atoms with Crippen LogP contribution in [0.25, 0.3) is 10.9 Å². The molecule has 1 aromatic heterocycles. The van der Waals surface area contributed by atoms with Gasteiger partial charge in [0.2, 0.25) is 0 Å². The van der Waals surface area contributed by atoms with Gasteiger partial charge in [0.25, 0.3) is 5.56 Å². The number of aromatic nitrogens is 1. The molecule has 1 saturated heterocycles. The van der Waals surface area contributed by atoms with Crippen LogP contribution in [0.5, 0.6) is 11.5 Å². The Hall–Kier alpha value is -3.50. The second kappa shape index (κ2) is 9.63. The van der Waals surface area contributed by atoms with E-state index in [4.69, 9.17) is 4.74 Å². The van der Waals surface area contributed by atoms with Crippen LogP contribution in [0.3, 0.4) is 0 Å². The van der Waals surface area contributed by atoms with E-state index in [0.29, 0.717) is 37.4 Å². The van der Waals surface area contributed by atoms with E-state index < -0.39 is 13.9 Å². The van der Waals surface area contributed by atoms with Crippen molar-refractivity contribution in [3.8, 4) is 17.6 Å².